The Morgan fingerprint density at radius 2 is 1.65 bits per heavy atom. The normalized spacial score (nSPS) is 12.9. The van der Waals surface area contributed by atoms with Gasteiger partial charge < -0.3 is 14.8 Å². The van der Waals surface area contributed by atoms with Crippen LogP contribution in [0.25, 0.3) is 17.2 Å². The summed E-state index contributed by atoms with van der Waals surface area (Å²) in [6, 6.07) is 19.7. The molecule has 0 aliphatic heterocycles. The molecular weight excluding hydrogens is 443 g/mol. The first-order valence-electron chi connectivity index (χ1n) is 10.9. The van der Waals surface area contributed by atoms with Crippen molar-refractivity contribution < 1.29 is 27.4 Å². The molecule has 4 nitrogen and oxygen atoms in total. The zero-order valence-electron chi connectivity index (χ0n) is 18.6. The van der Waals surface area contributed by atoms with E-state index in [1.807, 2.05) is 24.3 Å². The summed E-state index contributed by atoms with van der Waals surface area (Å²) < 4.78 is 49.5. The van der Waals surface area contributed by atoms with Gasteiger partial charge in [-0.25, -0.2) is 4.79 Å². The molecule has 0 radical (unpaired) electrons. The first-order valence-corrected chi connectivity index (χ1v) is 10.9. The van der Waals surface area contributed by atoms with Crippen LogP contribution in [0.15, 0.2) is 72.8 Å². The first-order chi connectivity index (χ1) is 16.4. The quantitative estimate of drug-likeness (QED) is 0.396. The molecule has 0 atom stereocenters. The number of carbonyl (C=O) groups excluding carboxylic acids is 1. The molecule has 3 aromatic rings. The first kappa shape index (κ1) is 23.4. The smallest absolute Gasteiger partial charge is 0.416 e. The number of hydrogen-bond donors (Lipinski definition) is 1. The van der Waals surface area contributed by atoms with Crippen molar-refractivity contribution in [1.29, 1.82) is 0 Å². The van der Waals surface area contributed by atoms with Crippen LogP contribution in [0.2, 0.25) is 0 Å². The Bertz CT molecular complexity index is 1160. The van der Waals surface area contributed by atoms with E-state index in [4.69, 9.17) is 9.47 Å². The van der Waals surface area contributed by atoms with E-state index >= 15 is 0 Å². The lowest BCUT2D eigenvalue weighted by Gasteiger charge is -2.14. The van der Waals surface area contributed by atoms with Gasteiger partial charge in [0.15, 0.2) is 0 Å². The summed E-state index contributed by atoms with van der Waals surface area (Å²) in [7, 11) is 1.32. The second kappa shape index (κ2) is 10.0. The maximum atomic E-state index is 13.0. The van der Waals surface area contributed by atoms with E-state index in [1.165, 1.54) is 13.2 Å². The largest absolute Gasteiger partial charge is 0.497 e. The van der Waals surface area contributed by atoms with E-state index in [-0.39, 0.29) is 18.3 Å². The molecule has 0 fully saturated rings. The molecule has 1 aliphatic carbocycles. The van der Waals surface area contributed by atoms with Crippen molar-refractivity contribution in [3.63, 3.8) is 0 Å². The van der Waals surface area contributed by atoms with Crippen LogP contribution in [0.3, 0.4) is 0 Å². The van der Waals surface area contributed by atoms with E-state index in [0.29, 0.717) is 18.5 Å². The molecular formula is C27H24F3NO3. The number of methoxy groups -OCH3 is 1. The van der Waals surface area contributed by atoms with Gasteiger partial charge in [0.05, 0.1) is 12.7 Å². The molecule has 0 spiro atoms. The minimum absolute atomic E-state index is 0.0195. The molecule has 176 valence electrons. The molecule has 1 N–H and O–H groups in total. The number of alkyl halides is 3. The third-order valence-corrected chi connectivity index (χ3v) is 5.73. The van der Waals surface area contributed by atoms with Crippen LogP contribution in [0.4, 0.5) is 18.0 Å². The van der Waals surface area contributed by atoms with Gasteiger partial charge in [0.2, 0.25) is 0 Å². The fourth-order valence-corrected chi connectivity index (χ4v) is 4.13. The second-order valence-corrected chi connectivity index (χ2v) is 7.94. The van der Waals surface area contributed by atoms with Crippen LogP contribution in [-0.2, 0) is 10.9 Å². The summed E-state index contributed by atoms with van der Waals surface area (Å²) in [5, 5.41) is 2.68. The fourth-order valence-electron chi connectivity index (χ4n) is 4.13. The lowest BCUT2D eigenvalue weighted by Crippen LogP contribution is -2.26. The minimum Gasteiger partial charge on any atom is -0.497 e. The molecule has 0 aromatic heterocycles. The van der Waals surface area contributed by atoms with E-state index in [1.54, 1.807) is 12.2 Å². The Morgan fingerprint density at radius 1 is 1.00 bits per heavy atom. The monoisotopic (exact) mass is 467 g/mol. The van der Waals surface area contributed by atoms with Gasteiger partial charge in [0.25, 0.3) is 0 Å². The van der Waals surface area contributed by atoms with Gasteiger partial charge in [0, 0.05) is 12.5 Å². The van der Waals surface area contributed by atoms with E-state index in [0.717, 1.165) is 34.4 Å². The van der Waals surface area contributed by atoms with Crippen LogP contribution in [-0.4, -0.2) is 26.4 Å². The summed E-state index contributed by atoms with van der Waals surface area (Å²) in [6.07, 6.45) is -1.29. The fraction of sp³-hybridized carbons (Fsp3) is 0.222. The highest BCUT2D eigenvalue weighted by Crippen LogP contribution is 2.44. The van der Waals surface area contributed by atoms with Crippen molar-refractivity contribution in [1.82, 2.24) is 5.32 Å². The van der Waals surface area contributed by atoms with Gasteiger partial charge >= 0.3 is 12.3 Å². The predicted molar refractivity (Wildman–Crippen MR) is 125 cm³/mol. The second-order valence-electron chi connectivity index (χ2n) is 7.94. The van der Waals surface area contributed by atoms with Crippen LogP contribution in [0, 0.1) is 0 Å². The molecule has 34 heavy (non-hydrogen) atoms. The van der Waals surface area contributed by atoms with Crippen molar-refractivity contribution in [2.75, 3.05) is 20.3 Å². The van der Waals surface area contributed by atoms with E-state index in [9.17, 15) is 18.0 Å². The third-order valence-electron chi connectivity index (χ3n) is 5.73. The van der Waals surface area contributed by atoms with Gasteiger partial charge in [0.1, 0.15) is 12.4 Å². The number of hydrogen-bond acceptors (Lipinski definition) is 3. The average molecular weight is 467 g/mol. The molecule has 3 aromatic carbocycles. The van der Waals surface area contributed by atoms with Crippen LogP contribution >= 0.6 is 0 Å². The highest BCUT2D eigenvalue weighted by atomic mass is 19.4. The van der Waals surface area contributed by atoms with Crippen molar-refractivity contribution >= 4 is 12.2 Å². The number of ether oxygens (including phenoxy) is 2. The predicted octanol–water partition coefficient (Wildman–Crippen LogP) is 6.66. The maximum absolute atomic E-state index is 13.0. The molecule has 0 saturated heterocycles. The van der Waals surface area contributed by atoms with Crippen LogP contribution in [0.5, 0.6) is 5.75 Å². The number of amides is 1. The van der Waals surface area contributed by atoms with Crippen molar-refractivity contribution in [3.8, 4) is 16.9 Å². The zero-order valence-corrected chi connectivity index (χ0v) is 18.6. The summed E-state index contributed by atoms with van der Waals surface area (Å²) in [5.41, 5.74) is 4.18. The molecule has 0 unspecified atom stereocenters. The lowest BCUT2D eigenvalue weighted by molar-refractivity contribution is -0.137. The van der Waals surface area contributed by atoms with E-state index < -0.39 is 17.8 Å². The summed E-state index contributed by atoms with van der Waals surface area (Å²) >= 11 is 0. The maximum Gasteiger partial charge on any atom is 0.416 e. The SMILES string of the molecule is COc1cc(C=CCCNC(=O)OCC2c3ccccc3-c3ccccc32)cc(C(F)(F)F)c1. The molecule has 4 rings (SSSR count). The summed E-state index contributed by atoms with van der Waals surface area (Å²) in [6.45, 7) is 0.517. The third kappa shape index (κ3) is 5.25. The average Bonchev–Trinajstić information content (AvgIpc) is 3.15. The number of benzene rings is 3. The number of rotatable bonds is 7. The molecule has 7 heteroatoms. The topological polar surface area (TPSA) is 47.6 Å². The Kier molecular flexibility index (Phi) is 6.91. The standard InChI is InChI=1S/C27H24F3NO3/c1-33-20-15-18(14-19(16-20)27(28,29)30)8-6-7-13-31-26(32)34-17-25-23-11-4-2-9-21(23)22-10-3-5-12-24(22)25/h2-6,8-12,14-16,25H,7,13,17H2,1H3,(H,31,32). The lowest BCUT2D eigenvalue weighted by atomic mass is 9.98. The minimum atomic E-state index is -4.46. The molecule has 0 saturated carbocycles. The van der Waals surface area contributed by atoms with Crippen molar-refractivity contribution in [2.24, 2.45) is 0 Å². The molecule has 0 bridgehead atoms. The van der Waals surface area contributed by atoms with Gasteiger partial charge in [-0.05, 0) is 52.4 Å². The Labute approximate surface area is 196 Å². The van der Waals surface area contributed by atoms with Crippen LogP contribution < -0.4 is 10.1 Å². The van der Waals surface area contributed by atoms with Crippen LogP contribution in [0.1, 0.15) is 34.6 Å². The number of alkyl carbamates (subject to hydrolysis) is 1. The summed E-state index contributed by atoms with van der Waals surface area (Å²) in [4.78, 5) is 12.2. The molecule has 0 heterocycles. The Hall–Kier alpha value is -3.74. The summed E-state index contributed by atoms with van der Waals surface area (Å²) in [5.74, 6) is 0.111. The van der Waals surface area contributed by atoms with E-state index in [2.05, 4.69) is 29.6 Å². The van der Waals surface area contributed by atoms with Crippen molar-refractivity contribution in [3.05, 3.63) is 95.1 Å². The van der Waals surface area contributed by atoms with Gasteiger partial charge in [-0.1, -0.05) is 60.7 Å². The number of nitrogens with one attached hydrogen (secondary N) is 1. The Balaban J connectivity index is 1.29. The van der Waals surface area contributed by atoms with Gasteiger partial charge in [-0.2, -0.15) is 13.2 Å². The van der Waals surface area contributed by atoms with Gasteiger partial charge in [-0.15, -0.1) is 0 Å². The van der Waals surface area contributed by atoms with Gasteiger partial charge in [-0.3, -0.25) is 0 Å². The molecule has 1 amide bonds. The number of carbonyl (C=O) groups is 1. The number of halogens is 3. The Morgan fingerprint density at radius 3 is 2.26 bits per heavy atom. The zero-order chi connectivity index (χ0) is 24.1. The molecule has 1 aliphatic rings. The highest BCUT2D eigenvalue weighted by molar-refractivity contribution is 5.79. The highest BCUT2D eigenvalue weighted by Gasteiger charge is 2.31. The van der Waals surface area contributed by atoms with Crippen molar-refractivity contribution in [2.45, 2.75) is 18.5 Å². The number of fused-ring (bicyclic) bond motifs is 3.